The molecule has 0 aromatic rings. The van der Waals surface area contributed by atoms with Gasteiger partial charge in [0.25, 0.3) is 0 Å². The lowest BCUT2D eigenvalue weighted by Gasteiger charge is -2.02. The van der Waals surface area contributed by atoms with Gasteiger partial charge in [0, 0.05) is 6.04 Å². The second-order valence-corrected chi connectivity index (χ2v) is 1.68. The molecule has 0 rings (SSSR count). The first-order chi connectivity index (χ1) is 3.66. The van der Waals surface area contributed by atoms with Crippen molar-refractivity contribution in [3.8, 4) is 0 Å². The molecule has 4 heteroatoms. The van der Waals surface area contributed by atoms with E-state index < -0.39 is 6.09 Å². The lowest BCUT2D eigenvalue weighted by molar-refractivity contribution is -0.178. The minimum atomic E-state index is -0.819. The fraction of sp³-hybridized carbons (Fsp3) is 0.750. The number of carbonyl (C=O) groups excluding carboxylic acids is 1. The Balaban J connectivity index is 3.25. The van der Waals surface area contributed by atoms with Crippen LogP contribution >= 0.6 is 0 Å². The molecule has 0 bridgehead atoms. The summed E-state index contributed by atoms with van der Waals surface area (Å²) in [4.78, 5) is 13.3. The van der Waals surface area contributed by atoms with E-state index in [1.165, 1.54) is 0 Å². The summed E-state index contributed by atoms with van der Waals surface area (Å²) < 4.78 is 0. The summed E-state index contributed by atoms with van der Waals surface area (Å²) in [6, 6.07) is -0.00495. The van der Waals surface area contributed by atoms with Gasteiger partial charge in [-0.1, -0.05) is 0 Å². The second kappa shape index (κ2) is 3.26. The molecule has 0 saturated heterocycles. The van der Waals surface area contributed by atoms with Crippen LogP contribution < -0.4 is 5.32 Å². The van der Waals surface area contributed by atoms with Crippen LogP contribution in [0, 0.1) is 0 Å². The maximum absolute atomic E-state index is 10.0. The number of hydrogen-bond donors (Lipinski definition) is 2. The zero-order chi connectivity index (χ0) is 6.57. The Bertz CT molecular complexity index is 81.4. The van der Waals surface area contributed by atoms with E-state index in [9.17, 15) is 4.79 Å². The number of carbonyl (C=O) groups is 1. The molecule has 2 N–H and O–H groups in total. The first-order valence-electron chi connectivity index (χ1n) is 2.28. The molecular formula is C4H9NO3. The summed E-state index contributed by atoms with van der Waals surface area (Å²) in [6.07, 6.45) is -0.819. The average molecular weight is 119 g/mol. The fourth-order valence-corrected chi connectivity index (χ4v) is 0.262. The van der Waals surface area contributed by atoms with Crippen molar-refractivity contribution in [2.75, 3.05) is 0 Å². The van der Waals surface area contributed by atoms with Gasteiger partial charge in [0.05, 0.1) is 0 Å². The minimum Gasteiger partial charge on any atom is -0.317 e. The van der Waals surface area contributed by atoms with Gasteiger partial charge in [-0.25, -0.2) is 4.79 Å². The maximum atomic E-state index is 10.0. The summed E-state index contributed by atoms with van der Waals surface area (Å²) in [5.41, 5.74) is 0. The molecule has 0 spiro atoms. The lowest BCUT2D eigenvalue weighted by Crippen LogP contribution is -2.29. The molecule has 0 radical (unpaired) electrons. The van der Waals surface area contributed by atoms with Crippen LogP contribution in [0.5, 0.6) is 0 Å². The van der Waals surface area contributed by atoms with E-state index in [0.29, 0.717) is 0 Å². The van der Waals surface area contributed by atoms with Crippen LogP contribution in [0.4, 0.5) is 4.79 Å². The first-order valence-corrected chi connectivity index (χ1v) is 2.28. The lowest BCUT2D eigenvalue weighted by atomic mass is 10.4. The Morgan fingerprint density at radius 1 is 1.75 bits per heavy atom. The van der Waals surface area contributed by atoms with E-state index in [2.05, 4.69) is 10.2 Å². The van der Waals surface area contributed by atoms with Crippen LogP contribution in [0.1, 0.15) is 13.8 Å². The zero-order valence-corrected chi connectivity index (χ0v) is 4.84. The largest absolute Gasteiger partial charge is 0.438 e. The van der Waals surface area contributed by atoms with Crippen molar-refractivity contribution in [1.29, 1.82) is 0 Å². The van der Waals surface area contributed by atoms with Gasteiger partial charge in [-0.15, -0.1) is 0 Å². The molecule has 1 amide bonds. The molecule has 0 fully saturated rings. The van der Waals surface area contributed by atoms with Gasteiger partial charge in [0.15, 0.2) is 0 Å². The first kappa shape index (κ1) is 7.23. The van der Waals surface area contributed by atoms with Gasteiger partial charge in [-0.05, 0) is 13.8 Å². The van der Waals surface area contributed by atoms with E-state index in [4.69, 9.17) is 5.26 Å². The van der Waals surface area contributed by atoms with Crippen LogP contribution in [-0.2, 0) is 4.89 Å². The summed E-state index contributed by atoms with van der Waals surface area (Å²) in [5.74, 6) is 0. The Labute approximate surface area is 47.4 Å². The van der Waals surface area contributed by atoms with E-state index in [1.54, 1.807) is 13.8 Å². The van der Waals surface area contributed by atoms with Crippen molar-refractivity contribution in [2.24, 2.45) is 0 Å². The molecule has 0 heterocycles. The minimum absolute atomic E-state index is 0.00495. The van der Waals surface area contributed by atoms with Crippen molar-refractivity contribution in [3.05, 3.63) is 0 Å². The number of rotatable bonds is 1. The summed E-state index contributed by atoms with van der Waals surface area (Å²) >= 11 is 0. The topological polar surface area (TPSA) is 58.6 Å². The van der Waals surface area contributed by atoms with Gasteiger partial charge in [0.1, 0.15) is 0 Å². The number of nitrogens with one attached hydrogen (secondary N) is 1. The smallest absolute Gasteiger partial charge is 0.317 e. The van der Waals surface area contributed by atoms with Crippen LogP contribution in [0.3, 0.4) is 0 Å². The van der Waals surface area contributed by atoms with Crippen molar-refractivity contribution in [1.82, 2.24) is 5.32 Å². The molecule has 0 aromatic heterocycles. The second-order valence-electron chi connectivity index (χ2n) is 1.68. The van der Waals surface area contributed by atoms with E-state index in [1.807, 2.05) is 0 Å². The van der Waals surface area contributed by atoms with E-state index in [-0.39, 0.29) is 6.04 Å². The molecule has 0 atom stereocenters. The molecule has 48 valence electrons. The highest BCUT2D eigenvalue weighted by Gasteiger charge is 1.99. The predicted molar refractivity (Wildman–Crippen MR) is 27.4 cm³/mol. The molecule has 0 aromatic carbocycles. The van der Waals surface area contributed by atoms with E-state index in [0.717, 1.165) is 0 Å². The van der Waals surface area contributed by atoms with Gasteiger partial charge >= 0.3 is 6.09 Å². The quantitative estimate of drug-likeness (QED) is 0.392. The maximum Gasteiger partial charge on any atom is 0.438 e. The SMILES string of the molecule is CC(C)NC(=O)OO. The number of amides is 1. The fourth-order valence-electron chi connectivity index (χ4n) is 0.262. The highest BCUT2D eigenvalue weighted by molar-refractivity contribution is 5.66. The molecule has 0 unspecified atom stereocenters. The van der Waals surface area contributed by atoms with Crippen LogP contribution in [0.25, 0.3) is 0 Å². The van der Waals surface area contributed by atoms with Crippen molar-refractivity contribution < 1.29 is 14.9 Å². The molecular weight excluding hydrogens is 110 g/mol. The highest BCUT2D eigenvalue weighted by Crippen LogP contribution is 1.77. The van der Waals surface area contributed by atoms with Crippen LogP contribution in [-0.4, -0.2) is 17.4 Å². The Kier molecular flexibility index (Phi) is 2.95. The molecule has 8 heavy (non-hydrogen) atoms. The van der Waals surface area contributed by atoms with Crippen molar-refractivity contribution in [3.63, 3.8) is 0 Å². The zero-order valence-electron chi connectivity index (χ0n) is 4.84. The van der Waals surface area contributed by atoms with Crippen LogP contribution in [0.2, 0.25) is 0 Å². The Hall–Kier alpha value is -0.770. The number of hydrogen-bond acceptors (Lipinski definition) is 3. The highest BCUT2D eigenvalue weighted by atomic mass is 17.1. The summed E-state index contributed by atoms with van der Waals surface area (Å²) in [5, 5.41) is 9.95. The average Bonchev–Trinajstić information content (AvgIpc) is 1.65. The van der Waals surface area contributed by atoms with Gasteiger partial charge in [0.2, 0.25) is 0 Å². The van der Waals surface area contributed by atoms with Gasteiger partial charge in [-0.2, -0.15) is 5.26 Å². The Morgan fingerprint density at radius 2 is 2.25 bits per heavy atom. The predicted octanol–water partition coefficient (Wildman–Crippen LogP) is 0.594. The monoisotopic (exact) mass is 119 g/mol. The normalized spacial score (nSPS) is 9.00. The van der Waals surface area contributed by atoms with Crippen molar-refractivity contribution in [2.45, 2.75) is 19.9 Å². The third-order valence-corrected chi connectivity index (χ3v) is 0.489. The standard InChI is InChI=1S/C4H9NO3/c1-3(2)5-4(6)8-7/h3,7H,1-2H3,(H,5,6). The van der Waals surface area contributed by atoms with Gasteiger partial charge < -0.3 is 5.32 Å². The molecule has 4 nitrogen and oxygen atoms in total. The molecule has 0 aliphatic carbocycles. The van der Waals surface area contributed by atoms with Crippen molar-refractivity contribution >= 4 is 6.09 Å². The molecule has 0 saturated carbocycles. The summed E-state index contributed by atoms with van der Waals surface area (Å²) in [7, 11) is 0. The third kappa shape index (κ3) is 3.42. The van der Waals surface area contributed by atoms with E-state index >= 15 is 0 Å². The Morgan fingerprint density at radius 3 is 2.38 bits per heavy atom. The molecule has 0 aliphatic rings. The summed E-state index contributed by atoms with van der Waals surface area (Å²) in [6.45, 7) is 3.52. The van der Waals surface area contributed by atoms with Crippen LogP contribution in [0.15, 0.2) is 0 Å². The third-order valence-electron chi connectivity index (χ3n) is 0.489. The van der Waals surface area contributed by atoms with Gasteiger partial charge in [-0.3, -0.25) is 4.89 Å². The molecule has 0 aliphatic heterocycles.